The summed E-state index contributed by atoms with van der Waals surface area (Å²) in [6.45, 7) is 0. The van der Waals surface area contributed by atoms with E-state index in [1.54, 1.807) is 24.3 Å². The standard InChI is InChI=1S/C19H14F7N3O2S/c20-17(21,18(22,23)24)19(25,26)32-11-7-5-10(6-8-11)27-15(30)9-14-16(31)29-13-4-2-1-3-12(13)28-14/h1-8,14,28H,9H2,(H,27,30)(H,29,31). The lowest BCUT2D eigenvalue weighted by molar-refractivity contribution is -0.330. The van der Waals surface area contributed by atoms with Gasteiger partial charge in [-0.15, -0.1) is 0 Å². The number of hydrogen-bond acceptors (Lipinski definition) is 4. The van der Waals surface area contributed by atoms with Crippen LogP contribution in [0.5, 0.6) is 0 Å². The van der Waals surface area contributed by atoms with Crippen molar-refractivity contribution in [3.63, 3.8) is 0 Å². The minimum absolute atomic E-state index is 0.0712. The zero-order valence-electron chi connectivity index (χ0n) is 15.8. The van der Waals surface area contributed by atoms with Crippen molar-refractivity contribution in [1.82, 2.24) is 0 Å². The van der Waals surface area contributed by atoms with Gasteiger partial charge in [-0.05, 0) is 48.2 Å². The van der Waals surface area contributed by atoms with Gasteiger partial charge in [0.25, 0.3) is 0 Å². The number of carbonyl (C=O) groups excluding carboxylic acids is 2. The number of nitrogens with one attached hydrogen (secondary N) is 3. The van der Waals surface area contributed by atoms with Crippen LogP contribution in [0.25, 0.3) is 0 Å². The van der Waals surface area contributed by atoms with Crippen molar-refractivity contribution >= 4 is 40.6 Å². The lowest BCUT2D eigenvalue weighted by atomic mass is 10.1. The summed E-state index contributed by atoms with van der Waals surface area (Å²) < 4.78 is 89.6. The maximum Gasteiger partial charge on any atom is 0.460 e. The Morgan fingerprint density at radius 1 is 0.938 bits per heavy atom. The maximum absolute atomic E-state index is 13.5. The molecule has 0 saturated heterocycles. The average Bonchev–Trinajstić information content (AvgIpc) is 2.69. The third kappa shape index (κ3) is 4.92. The van der Waals surface area contributed by atoms with Crippen molar-refractivity contribution in [3.8, 4) is 0 Å². The number of benzene rings is 2. The fraction of sp³-hybridized carbons (Fsp3) is 0.263. The number of thioether (sulfide) groups is 1. The number of amides is 2. The highest BCUT2D eigenvalue weighted by molar-refractivity contribution is 8.00. The van der Waals surface area contributed by atoms with E-state index >= 15 is 0 Å². The molecule has 32 heavy (non-hydrogen) atoms. The number of anilines is 3. The second-order valence-corrected chi connectivity index (χ2v) is 7.89. The third-order valence-corrected chi connectivity index (χ3v) is 5.35. The zero-order chi connectivity index (χ0) is 23.7. The summed E-state index contributed by atoms with van der Waals surface area (Å²) in [5.74, 6) is -7.30. The molecule has 0 radical (unpaired) electrons. The van der Waals surface area contributed by atoms with Crippen LogP contribution in [0.1, 0.15) is 6.42 Å². The summed E-state index contributed by atoms with van der Waals surface area (Å²) in [7, 11) is 0. The van der Waals surface area contributed by atoms with Gasteiger partial charge in [0.2, 0.25) is 11.8 Å². The summed E-state index contributed by atoms with van der Waals surface area (Å²) in [6.07, 6.45) is -6.70. The third-order valence-electron chi connectivity index (χ3n) is 4.33. The predicted octanol–water partition coefficient (Wildman–Crippen LogP) is 5.33. The summed E-state index contributed by atoms with van der Waals surface area (Å²) in [5, 5.41) is 2.49. The number of alkyl halides is 7. The van der Waals surface area contributed by atoms with E-state index in [2.05, 4.69) is 16.0 Å². The van der Waals surface area contributed by atoms with E-state index in [1.807, 2.05) is 0 Å². The Hall–Kier alpha value is -2.96. The van der Waals surface area contributed by atoms with Crippen LogP contribution in [0.4, 0.5) is 47.8 Å². The molecule has 3 N–H and O–H groups in total. The SMILES string of the molecule is O=C(CC1Nc2ccccc2NC1=O)Nc1ccc(SC(F)(F)C(F)(F)C(F)(F)F)cc1. The van der Waals surface area contributed by atoms with Crippen LogP contribution in [0.2, 0.25) is 0 Å². The Morgan fingerprint density at radius 3 is 2.12 bits per heavy atom. The van der Waals surface area contributed by atoms with Gasteiger partial charge in [-0.3, -0.25) is 9.59 Å². The van der Waals surface area contributed by atoms with Gasteiger partial charge >= 0.3 is 17.4 Å². The normalized spacial score (nSPS) is 16.6. The highest BCUT2D eigenvalue weighted by atomic mass is 32.2. The molecule has 1 atom stereocenters. The topological polar surface area (TPSA) is 70.2 Å². The highest BCUT2D eigenvalue weighted by Crippen LogP contribution is 2.53. The molecule has 0 aromatic heterocycles. The second kappa shape index (κ2) is 8.52. The fourth-order valence-corrected chi connectivity index (χ4v) is 3.53. The van der Waals surface area contributed by atoms with Gasteiger partial charge in [-0.1, -0.05) is 12.1 Å². The largest absolute Gasteiger partial charge is 0.460 e. The Kier molecular flexibility index (Phi) is 6.31. The first kappa shape index (κ1) is 23.7. The first-order chi connectivity index (χ1) is 14.8. The fourth-order valence-electron chi connectivity index (χ4n) is 2.72. The Morgan fingerprint density at radius 2 is 1.53 bits per heavy atom. The van der Waals surface area contributed by atoms with Crippen molar-refractivity contribution in [2.75, 3.05) is 16.0 Å². The summed E-state index contributed by atoms with van der Waals surface area (Å²) in [5.41, 5.74) is 1.24. The second-order valence-electron chi connectivity index (χ2n) is 6.70. The van der Waals surface area contributed by atoms with Crippen LogP contribution in [0.3, 0.4) is 0 Å². The van der Waals surface area contributed by atoms with Gasteiger partial charge in [0.15, 0.2) is 0 Å². The number of hydrogen-bond donors (Lipinski definition) is 3. The lowest BCUT2D eigenvalue weighted by Crippen LogP contribution is -2.49. The van der Waals surface area contributed by atoms with E-state index in [1.165, 1.54) is 0 Å². The first-order valence-electron chi connectivity index (χ1n) is 8.88. The zero-order valence-corrected chi connectivity index (χ0v) is 16.6. The molecule has 1 aliphatic rings. The molecule has 0 fully saturated rings. The molecule has 0 bridgehead atoms. The van der Waals surface area contributed by atoms with Crippen molar-refractivity contribution in [1.29, 1.82) is 0 Å². The first-order valence-corrected chi connectivity index (χ1v) is 9.69. The molecule has 172 valence electrons. The smallest absolute Gasteiger partial charge is 0.372 e. The van der Waals surface area contributed by atoms with Gasteiger partial charge < -0.3 is 16.0 Å². The van der Waals surface area contributed by atoms with Gasteiger partial charge in [0.1, 0.15) is 6.04 Å². The van der Waals surface area contributed by atoms with Crippen LogP contribution >= 0.6 is 11.8 Å². The molecule has 1 heterocycles. The van der Waals surface area contributed by atoms with E-state index in [0.29, 0.717) is 11.4 Å². The van der Waals surface area contributed by atoms with Crippen LogP contribution in [0.15, 0.2) is 53.4 Å². The van der Waals surface area contributed by atoms with E-state index in [0.717, 1.165) is 24.3 Å². The van der Waals surface area contributed by atoms with Gasteiger partial charge in [-0.25, -0.2) is 0 Å². The van der Waals surface area contributed by atoms with Crippen molar-refractivity contribution in [2.24, 2.45) is 0 Å². The van der Waals surface area contributed by atoms with E-state index < -0.39 is 51.9 Å². The predicted molar refractivity (Wildman–Crippen MR) is 104 cm³/mol. The lowest BCUT2D eigenvalue weighted by Gasteiger charge is -2.27. The van der Waals surface area contributed by atoms with Gasteiger partial charge in [0, 0.05) is 10.6 Å². The van der Waals surface area contributed by atoms with E-state index in [-0.39, 0.29) is 12.1 Å². The Bertz CT molecular complexity index is 1010. The number of fused-ring (bicyclic) bond motifs is 1. The molecule has 0 aliphatic carbocycles. The molecule has 1 aliphatic heterocycles. The number of halogens is 7. The molecule has 13 heteroatoms. The van der Waals surface area contributed by atoms with Crippen LogP contribution in [-0.2, 0) is 9.59 Å². The van der Waals surface area contributed by atoms with Crippen LogP contribution in [0, 0.1) is 0 Å². The van der Waals surface area contributed by atoms with Gasteiger partial charge in [0.05, 0.1) is 17.8 Å². The van der Waals surface area contributed by atoms with Crippen molar-refractivity contribution in [3.05, 3.63) is 48.5 Å². The molecule has 2 aromatic rings. The summed E-state index contributed by atoms with van der Waals surface area (Å²) >= 11 is -0.949. The van der Waals surface area contributed by atoms with Crippen molar-refractivity contribution < 1.29 is 40.3 Å². The molecule has 0 saturated carbocycles. The van der Waals surface area contributed by atoms with Crippen LogP contribution < -0.4 is 16.0 Å². The molecule has 0 spiro atoms. The van der Waals surface area contributed by atoms with Crippen molar-refractivity contribution in [2.45, 2.75) is 34.7 Å². The minimum Gasteiger partial charge on any atom is -0.372 e. The molecular formula is C19H14F7N3O2S. The van der Waals surface area contributed by atoms with Crippen LogP contribution in [-0.4, -0.2) is 35.2 Å². The molecule has 2 amide bonds. The highest BCUT2D eigenvalue weighted by Gasteiger charge is 2.73. The quantitative estimate of drug-likeness (QED) is 0.385. The Balaban J connectivity index is 1.60. The van der Waals surface area contributed by atoms with E-state index in [9.17, 15) is 40.3 Å². The molecule has 2 aromatic carbocycles. The number of rotatable bonds is 6. The molecule has 5 nitrogen and oxygen atoms in total. The number of para-hydroxylation sites is 2. The monoisotopic (exact) mass is 481 g/mol. The average molecular weight is 481 g/mol. The molecular weight excluding hydrogens is 467 g/mol. The number of carbonyl (C=O) groups is 2. The Labute approximate surface area is 180 Å². The van der Waals surface area contributed by atoms with Gasteiger partial charge in [-0.2, -0.15) is 30.7 Å². The maximum atomic E-state index is 13.5. The molecule has 1 unspecified atom stereocenters. The minimum atomic E-state index is -6.42. The molecule has 3 rings (SSSR count). The summed E-state index contributed by atoms with van der Waals surface area (Å²) in [4.78, 5) is 23.8. The van der Waals surface area contributed by atoms with E-state index in [4.69, 9.17) is 0 Å². The summed E-state index contributed by atoms with van der Waals surface area (Å²) in [6, 6.07) is 9.79.